The van der Waals surface area contributed by atoms with Crippen LogP contribution in [0.15, 0.2) is 59.5 Å². The van der Waals surface area contributed by atoms with E-state index in [4.69, 9.17) is 9.47 Å². The number of rotatable bonds is 9. The Morgan fingerprint density at radius 1 is 1.07 bits per heavy atom. The number of carbonyl (C=O) groups is 1. The molecule has 2 aromatic carbocycles. The van der Waals surface area contributed by atoms with E-state index in [1.165, 1.54) is 12.1 Å². The first-order valence-electron chi connectivity index (χ1n) is 9.55. The van der Waals surface area contributed by atoms with Crippen LogP contribution in [0.25, 0.3) is 0 Å². The van der Waals surface area contributed by atoms with Crippen LogP contribution in [0.3, 0.4) is 0 Å². The van der Waals surface area contributed by atoms with Gasteiger partial charge in [0.2, 0.25) is 6.41 Å². The topological polar surface area (TPSA) is 102 Å². The summed E-state index contributed by atoms with van der Waals surface area (Å²) in [5, 5.41) is 12.9. The predicted molar refractivity (Wildman–Crippen MR) is 113 cm³/mol. The number of aliphatic hydroxyl groups is 1. The first-order chi connectivity index (χ1) is 13.9. The standard InChI is InChI=1S/C22H29NO6S/c1-22(2,3)29-21(25)23-19(20(24)28-15-16-9-6-5-7-10-16)14-17-11-8-12-18(13-17)30(4,26)27/h5-13,19,21,23,25H,14-15H2,1-4H3/t19-,21?/m0/s1. The first kappa shape index (κ1) is 24.0. The lowest BCUT2D eigenvalue weighted by Gasteiger charge is -2.27. The zero-order chi connectivity index (χ0) is 22.4. The highest BCUT2D eigenvalue weighted by Crippen LogP contribution is 2.15. The quantitative estimate of drug-likeness (QED) is 0.461. The molecule has 0 bridgehead atoms. The molecule has 2 rings (SSSR count). The van der Waals surface area contributed by atoms with Gasteiger partial charge in [-0.15, -0.1) is 0 Å². The Morgan fingerprint density at radius 3 is 2.30 bits per heavy atom. The third kappa shape index (κ3) is 8.23. The van der Waals surface area contributed by atoms with Crippen molar-refractivity contribution in [2.45, 2.75) is 56.8 Å². The van der Waals surface area contributed by atoms with Crippen molar-refractivity contribution in [1.29, 1.82) is 0 Å². The van der Waals surface area contributed by atoms with E-state index in [0.717, 1.165) is 11.8 Å². The fourth-order valence-corrected chi connectivity index (χ4v) is 3.41. The van der Waals surface area contributed by atoms with Crippen molar-refractivity contribution in [1.82, 2.24) is 5.32 Å². The van der Waals surface area contributed by atoms with Gasteiger partial charge in [0, 0.05) is 6.26 Å². The fraction of sp³-hybridized carbons (Fsp3) is 0.409. The third-order valence-corrected chi connectivity index (χ3v) is 5.19. The molecule has 0 fully saturated rings. The van der Waals surface area contributed by atoms with Gasteiger partial charge >= 0.3 is 5.97 Å². The molecule has 0 aliphatic rings. The molecule has 30 heavy (non-hydrogen) atoms. The van der Waals surface area contributed by atoms with Crippen LogP contribution in [0.4, 0.5) is 0 Å². The van der Waals surface area contributed by atoms with Crippen molar-refractivity contribution in [2.24, 2.45) is 0 Å². The van der Waals surface area contributed by atoms with Gasteiger partial charge in [0.25, 0.3) is 0 Å². The zero-order valence-corrected chi connectivity index (χ0v) is 18.5. The maximum Gasteiger partial charge on any atom is 0.323 e. The van der Waals surface area contributed by atoms with Gasteiger partial charge in [0.15, 0.2) is 9.84 Å². The summed E-state index contributed by atoms with van der Waals surface area (Å²) >= 11 is 0. The molecular weight excluding hydrogens is 406 g/mol. The van der Waals surface area contributed by atoms with Gasteiger partial charge < -0.3 is 14.6 Å². The Morgan fingerprint density at radius 2 is 1.70 bits per heavy atom. The van der Waals surface area contributed by atoms with Gasteiger partial charge in [0.1, 0.15) is 12.6 Å². The van der Waals surface area contributed by atoms with E-state index < -0.39 is 33.9 Å². The molecule has 164 valence electrons. The van der Waals surface area contributed by atoms with E-state index in [2.05, 4.69) is 5.32 Å². The minimum Gasteiger partial charge on any atom is -0.460 e. The van der Waals surface area contributed by atoms with Crippen molar-refractivity contribution in [2.75, 3.05) is 6.26 Å². The molecule has 2 atom stereocenters. The average Bonchev–Trinajstić information content (AvgIpc) is 2.64. The summed E-state index contributed by atoms with van der Waals surface area (Å²) in [6.45, 7) is 5.40. The monoisotopic (exact) mass is 435 g/mol. The minimum absolute atomic E-state index is 0.0808. The highest BCUT2D eigenvalue weighted by molar-refractivity contribution is 7.90. The van der Waals surface area contributed by atoms with E-state index in [1.807, 2.05) is 30.3 Å². The number of sulfone groups is 1. The van der Waals surface area contributed by atoms with E-state index >= 15 is 0 Å². The molecule has 0 amide bonds. The maximum absolute atomic E-state index is 12.7. The Hall–Kier alpha value is -2.26. The van der Waals surface area contributed by atoms with Crippen LogP contribution in [-0.2, 0) is 37.1 Å². The number of hydrogen-bond donors (Lipinski definition) is 2. The lowest BCUT2D eigenvalue weighted by molar-refractivity contribution is -0.190. The molecule has 1 unspecified atom stereocenters. The summed E-state index contributed by atoms with van der Waals surface area (Å²) in [7, 11) is -3.39. The van der Waals surface area contributed by atoms with Gasteiger partial charge in [-0.2, -0.15) is 0 Å². The number of esters is 1. The molecule has 7 nitrogen and oxygen atoms in total. The first-order valence-corrected chi connectivity index (χ1v) is 11.4. The molecule has 0 aliphatic carbocycles. The summed E-state index contributed by atoms with van der Waals surface area (Å²) in [6.07, 6.45) is -0.171. The molecule has 0 saturated carbocycles. The second-order valence-corrected chi connectivity index (χ2v) is 10.0. The Bertz CT molecular complexity index is 938. The van der Waals surface area contributed by atoms with Crippen LogP contribution in [-0.4, -0.2) is 43.8 Å². The van der Waals surface area contributed by atoms with Gasteiger partial charge in [-0.3, -0.25) is 10.1 Å². The molecule has 0 aromatic heterocycles. The highest BCUT2D eigenvalue weighted by Gasteiger charge is 2.26. The van der Waals surface area contributed by atoms with Gasteiger partial charge in [-0.05, 0) is 50.5 Å². The lowest BCUT2D eigenvalue weighted by atomic mass is 10.1. The van der Waals surface area contributed by atoms with E-state index in [0.29, 0.717) is 5.56 Å². The SMILES string of the molecule is CC(C)(C)OC(O)N[C@@H](Cc1cccc(S(C)(=O)=O)c1)C(=O)OCc1ccccc1. The normalized spacial score (nSPS) is 14.2. The second-order valence-electron chi connectivity index (χ2n) is 8.02. The van der Waals surface area contributed by atoms with Gasteiger partial charge in [-0.25, -0.2) is 8.42 Å². The molecule has 0 heterocycles. The summed E-state index contributed by atoms with van der Waals surface area (Å²) in [5.41, 5.74) is 0.798. The smallest absolute Gasteiger partial charge is 0.323 e. The summed E-state index contributed by atoms with van der Waals surface area (Å²) in [5.74, 6) is -0.583. The summed E-state index contributed by atoms with van der Waals surface area (Å²) in [6, 6.07) is 14.6. The number of benzene rings is 2. The Kier molecular flexibility index (Phi) is 8.14. The molecule has 0 spiro atoms. The van der Waals surface area contributed by atoms with E-state index in [9.17, 15) is 18.3 Å². The maximum atomic E-state index is 12.7. The fourth-order valence-electron chi connectivity index (χ4n) is 2.72. The molecule has 0 aliphatic heterocycles. The van der Waals surface area contributed by atoms with Gasteiger partial charge in [-0.1, -0.05) is 42.5 Å². The minimum atomic E-state index is -3.39. The number of ether oxygens (including phenoxy) is 2. The van der Waals surface area contributed by atoms with Crippen LogP contribution in [0.2, 0.25) is 0 Å². The number of carbonyl (C=O) groups excluding carboxylic acids is 1. The molecule has 8 heteroatoms. The van der Waals surface area contributed by atoms with Crippen LogP contribution in [0.1, 0.15) is 31.9 Å². The summed E-state index contributed by atoms with van der Waals surface area (Å²) < 4.78 is 34.5. The lowest BCUT2D eigenvalue weighted by Crippen LogP contribution is -2.48. The van der Waals surface area contributed by atoms with Crippen molar-refractivity contribution in [3.05, 3.63) is 65.7 Å². The Balaban J connectivity index is 2.16. The largest absolute Gasteiger partial charge is 0.460 e. The van der Waals surface area contributed by atoms with Gasteiger partial charge in [0.05, 0.1) is 10.5 Å². The van der Waals surface area contributed by atoms with Crippen molar-refractivity contribution < 1.29 is 27.8 Å². The average molecular weight is 436 g/mol. The molecule has 0 saturated heterocycles. The van der Waals surface area contributed by atoms with Crippen LogP contribution < -0.4 is 5.32 Å². The number of hydrogen-bond acceptors (Lipinski definition) is 7. The van der Waals surface area contributed by atoms with Crippen molar-refractivity contribution in [3.8, 4) is 0 Å². The van der Waals surface area contributed by atoms with Crippen LogP contribution >= 0.6 is 0 Å². The number of aliphatic hydroxyl groups excluding tert-OH is 1. The van der Waals surface area contributed by atoms with Crippen LogP contribution in [0.5, 0.6) is 0 Å². The predicted octanol–water partition coefficient (Wildman–Crippen LogP) is 2.43. The van der Waals surface area contributed by atoms with E-state index in [-0.39, 0.29) is 17.9 Å². The molecule has 0 radical (unpaired) electrons. The second kappa shape index (κ2) is 10.2. The Labute approximate surface area is 177 Å². The molecule has 2 aromatic rings. The number of nitrogens with one attached hydrogen (secondary N) is 1. The van der Waals surface area contributed by atoms with Crippen molar-refractivity contribution in [3.63, 3.8) is 0 Å². The third-order valence-electron chi connectivity index (χ3n) is 4.08. The zero-order valence-electron chi connectivity index (χ0n) is 17.7. The highest BCUT2D eigenvalue weighted by atomic mass is 32.2. The van der Waals surface area contributed by atoms with E-state index in [1.54, 1.807) is 32.9 Å². The summed E-state index contributed by atoms with van der Waals surface area (Å²) in [4.78, 5) is 12.9. The molecular formula is C22H29NO6S. The van der Waals surface area contributed by atoms with Crippen molar-refractivity contribution >= 4 is 15.8 Å². The van der Waals surface area contributed by atoms with Crippen LogP contribution in [0, 0.1) is 0 Å². The molecule has 2 N–H and O–H groups in total.